The van der Waals surface area contributed by atoms with Gasteiger partial charge in [-0.25, -0.2) is 0 Å². The Morgan fingerprint density at radius 3 is 2.30 bits per heavy atom. The van der Waals surface area contributed by atoms with Crippen molar-refractivity contribution < 1.29 is 5.48 Å². The van der Waals surface area contributed by atoms with Crippen LogP contribution < -0.4 is 4.48 Å². The zero-order valence-electron chi connectivity index (χ0n) is 13.0. The third-order valence-electron chi connectivity index (χ3n) is 3.99. The molecule has 0 heterocycles. The van der Waals surface area contributed by atoms with Crippen molar-refractivity contribution in [2.75, 3.05) is 20.6 Å². The lowest BCUT2D eigenvalue weighted by atomic mass is 10.1. The number of quaternary nitrogens is 1. The zero-order chi connectivity index (χ0) is 13.7. The standard InChI is InChI=1S/C18H26N.H2O/c1-4-5-6-9-15-19(2,3)18-14-10-12-16-11-7-8-13-17(16)18;/h7-8,10-14H,4-6,9,15H2,1-3H3;1H2/q+1;/p-1. The number of hydrogen-bond acceptors (Lipinski definition) is 1. The van der Waals surface area contributed by atoms with E-state index in [4.69, 9.17) is 0 Å². The fourth-order valence-corrected chi connectivity index (χ4v) is 2.79. The van der Waals surface area contributed by atoms with Crippen molar-refractivity contribution in [2.24, 2.45) is 0 Å². The molecule has 1 N–H and O–H groups in total. The molecule has 2 nitrogen and oxygen atoms in total. The molecule has 2 aromatic carbocycles. The van der Waals surface area contributed by atoms with E-state index in [1.165, 1.54) is 48.7 Å². The van der Waals surface area contributed by atoms with Crippen LogP contribution in [0.4, 0.5) is 5.69 Å². The van der Waals surface area contributed by atoms with Crippen molar-refractivity contribution in [3.8, 4) is 0 Å². The molecule has 0 spiro atoms. The van der Waals surface area contributed by atoms with E-state index in [0.29, 0.717) is 0 Å². The maximum Gasteiger partial charge on any atom is 0.140 e. The molecular formula is C18H27NO. The normalized spacial score (nSPS) is 11.3. The monoisotopic (exact) mass is 273 g/mol. The van der Waals surface area contributed by atoms with E-state index in [1.807, 2.05) is 0 Å². The zero-order valence-corrected chi connectivity index (χ0v) is 13.0. The fraction of sp³-hybridized carbons (Fsp3) is 0.444. The summed E-state index contributed by atoms with van der Waals surface area (Å²) in [5, 5.41) is 2.74. The minimum atomic E-state index is 0. The minimum absolute atomic E-state index is 0. The molecule has 0 bridgehead atoms. The van der Waals surface area contributed by atoms with Crippen LogP contribution in [-0.2, 0) is 0 Å². The molecule has 0 amide bonds. The summed E-state index contributed by atoms with van der Waals surface area (Å²) < 4.78 is 0.977. The molecule has 0 fully saturated rings. The first-order chi connectivity index (χ1) is 9.15. The van der Waals surface area contributed by atoms with Gasteiger partial charge in [0.25, 0.3) is 0 Å². The summed E-state index contributed by atoms with van der Waals surface area (Å²) in [4.78, 5) is 0. The molecule has 0 unspecified atom stereocenters. The van der Waals surface area contributed by atoms with Crippen LogP contribution >= 0.6 is 0 Å². The average Bonchev–Trinajstić information content (AvgIpc) is 2.43. The molecular weight excluding hydrogens is 246 g/mol. The molecule has 2 rings (SSSR count). The van der Waals surface area contributed by atoms with Crippen molar-refractivity contribution in [3.63, 3.8) is 0 Å². The highest BCUT2D eigenvalue weighted by atomic mass is 16.0. The van der Waals surface area contributed by atoms with Gasteiger partial charge in [-0.05, 0) is 30.4 Å². The molecule has 0 aliphatic carbocycles. The van der Waals surface area contributed by atoms with Gasteiger partial charge in [0, 0.05) is 5.39 Å². The van der Waals surface area contributed by atoms with E-state index >= 15 is 0 Å². The van der Waals surface area contributed by atoms with Gasteiger partial charge in [0.15, 0.2) is 0 Å². The van der Waals surface area contributed by atoms with E-state index in [-0.39, 0.29) is 5.48 Å². The summed E-state index contributed by atoms with van der Waals surface area (Å²) in [6, 6.07) is 15.4. The van der Waals surface area contributed by atoms with Crippen molar-refractivity contribution in [3.05, 3.63) is 42.5 Å². The van der Waals surface area contributed by atoms with Crippen LogP contribution in [0.25, 0.3) is 10.8 Å². The minimum Gasteiger partial charge on any atom is -0.870 e. The number of nitrogens with zero attached hydrogens (tertiary/aromatic N) is 1. The summed E-state index contributed by atoms with van der Waals surface area (Å²) >= 11 is 0. The van der Waals surface area contributed by atoms with E-state index in [9.17, 15) is 0 Å². The van der Waals surface area contributed by atoms with Crippen molar-refractivity contribution >= 4 is 16.5 Å². The van der Waals surface area contributed by atoms with Gasteiger partial charge in [0.1, 0.15) is 5.69 Å². The first kappa shape index (κ1) is 16.7. The summed E-state index contributed by atoms with van der Waals surface area (Å²) in [5.41, 5.74) is 1.44. The fourth-order valence-electron chi connectivity index (χ4n) is 2.79. The molecule has 20 heavy (non-hydrogen) atoms. The second-order valence-corrected chi connectivity index (χ2v) is 5.97. The van der Waals surface area contributed by atoms with Crippen LogP contribution in [0.3, 0.4) is 0 Å². The van der Waals surface area contributed by atoms with Crippen molar-refractivity contribution in [1.82, 2.24) is 4.48 Å². The van der Waals surface area contributed by atoms with Gasteiger partial charge in [-0.3, -0.25) is 4.48 Å². The Morgan fingerprint density at radius 1 is 0.850 bits per heavy atom. The Labute approximate surface area is 122 Å². The van der Waals surface area contributed by atoms with Gasteiger partial charge in [-0.1, -0.05) is 50.1 Å². The third-order valence-corrected chi connectivity index (χ3v) is 3.99. The Kier molecular flexibility index (Phi) is 6.18. The molecule has 0 aliphatic heterocycles. The Morgan fingerprint density at radius 2 is 1.55 bits per heavy atom. The van der Waals surface area contributed by atoms with Crippen LogP contribution in [0.15, 0.2) is 42.5 Å². The van der Waals surface area contributed by atoms with Gasteiger partial charge in [0.2, 0.25) is 0 Å². The molecule has 0 saturated carbocycles. The highest BCUT2D eigenvalue weighted by Crippen LogP contribution is 2.29. The van der Waals surface area contributed by atoms with Crippen molar-refractivity contribution in [1.29, 1.82) is 0 Å². The third kappa shape index (κ3) is 3.81. The number of fused-ring (bicyclic) bond motifs is 1. The Bertz CT molecular complexity index is 528. The average molecular weight is 273 g/mol. The first-order valence-corrected chi connectivity index (χ1v) is 7.46. The molecule has 2 aromatic rings. The molecule has 2 heteroatoms. The summed E-state index contributed by atoms with van der Waals surface area (Å²) in [7, 11) is 4.65. The predicted molar refractivity (Wildman–Crippen MR) is 88.5 cm³/mol. The van der Waals surface area contributed by atoms with Crippen LogP contribution in [-0.4, -0.2) is 26.1 Å². The van der Waals surface area contributed by atoms with Crippen molar-refractivity contribution in [2.45, 2.75) is 32.6 Å². The quantitative estimate of drug-likeness (QED) is 0.548. The van der Waals surface area contributed by atoms with Crippen LogP contribution in [0.2, 0.25) is 0 Å². The molecule has 0 saturated heterocycles. The van der Waals surface area contributed by atoms with Gasteiger partial charge in [0.05, 0.1) is 20.6 Å². The summed E-state index contributed by atoms with van der Waals surface area (Å²) in [5.74, 6) is 0. The smallest absolute Gasteiger partial charge is 0.140 e. The second-order valence-electron chi connectivity index (χ2n) is 5.97. The molecule has 0 aliphatic rings. The Hall–Kier alpha value is -1.38. The van der Waals surface area contributed by atoms with Crippen LogP contribution in [0.5, 0.6) is 0 Å². The largest absolute Gasteiger partial charge is 0.870 e. The molecule has 110 valence electrons. The van der Waals surface area contributed by atoms with E-state index in [1.54, 1.807) is 0 Å². The van der Waals surface area contributed by atoms with E-state index in [2.05, 4.69) is 63.5 Å². The van der Waals surface area contributed by atoms with Gasteiger partial charge in [-0.2, -0.15) is 0 Å². The number of unbranched alkanes of at least 4 members (excludes halogenated alkanes) is 3. The number of rotatable bonds is 6. The number of hydrogen-bond donors (Lipinski definition) is 0. The lowest BCUT2D eigenvalue weighted by Gasteiger charge is -2.30. The SMILES string of the molecule is CCCCCC[N+](C)(C)c1cccc2ccccc12.[OH-]. The second kappa shape index (κ2) is 7.41. The molecule has 0 aromatic heterocycles. The lowest BCUT2D eigenvalue weighted by molar-refractivity contribution is 0.385. The van der Waals surface area contributed by atoms with E-state index < -0.39 is 0 Å². The van der Waals surface area contributed by atoms with Crippen LogP contribution in [0.1, 0.15) is 32.6 Å². The van der Waals surface area contributed by atoms with Gasteiger partial charge in [-0.15, -0.1) is 0 Å². The van der Waals surface area contributed by atoms with Gasteiger partial charge >= 0.3 is 0 Å². The first-order valence-electron chi connectivity index (χ1n) is 7.46. The maximum absolute atomic E-state index is 2.33. The van der Waals surface area contributed by atoms with E-state index in [0.717, 1.165) is 4.48 Å². The molecule has 0 atom stereocenters. The molecule has 0 radical (unpaired) electrons. The number of benzene rings is 2. The topological polar surface area (TPSA) is 30.0 Å². The highest BCUT2D eigenvalue weighted by Gasteiger charge is 2.20. The maximum atomic E-state index is 2.33. The lowest BCUT2D eigenvalue weighted by Crippen LogP contribution is -2.41. The Balaban J connectivity index is 0.00000200. The van der Waals surface area contributed by atoms with Gasteiger partial charge < -0.3 is 5.48 Å². The highest BCUT2D eigenvalue weighted by molar-refractivity contribution is 5.93. The summed E-state index contributed by atoms with van der Waals surface area (Å²) in [6.07, 6.45) is 5.32. The summed E-state index contributed by atoms with van der Waals surface area (Å²) in [6.45, 7) is 3.48. The predicted octanol–water partition coefficient (Wildman–Crippen LogP) is 4.81. The van der Waals surface area contributed by atoms with Crippen LogP contribution in [0, 0.1) is 0 Å².